The summed E-state index contributed by atoms with van der Waals surface area (Å²) in [6.45, 7) is 5.35. The maximum absolute atomic E-state index is 2.71. The van der Waals surface area contributed by atoms with E-state index < -0.39 is 16.1 Å². The van der Waals surface area contributed by atoms with Crippen LogP contribution in [-0.4, -0.2) is 37.3 Å². The monoisotopic (exact) mass is 607 g/mol. The number of piperazine rings is 1. The Morgan fingerprint density at radius 2 is 1.82 bits per heavy atom. The van der Waals surface area contributed by atoms with Crippen LogP contribution in [0.2, 0.25) is 0 Å². The van der Waals surface area contributed by atoms with Gasteiger partial charge in [0, 0.05) is 0 Å². The van der Waals surface area contributed by atoms with E-state index in [1.54, 1.807) is 0 Å². The van der Waals surface area contributed by atoms with Gasteiger partial charge in [-0.05, 0) is 0 Å². The van der Waals surface area contributed by atoms with Crippen molar-refractivity contribution in [2.75, 3.05) is 31.1 Å². The van der Waals surface area contributed by atoms with Gasteiger partial charge in [0.1, 0.15) is 0 Å². The molecular weight excluding hydrogens is 596 g/mol. The number of nitrogens with zero attached hydrogens (tertiary/aromatic N) is 2. The molecule has 0 amide bonds. The van der Waals surface area contributed by atoms with Gasteiger partial charge in [-0.3, -0.25) is 0 Å². The first kappa shape index (κ1) is 11.9. The molecule has 0 spiro atoms. The van der Waals surface area contributed by atoms with Crippen LogP contribution in [-0.2, 0) is 0 Å². The molecule has 0 aromatic heterocycles. The first-order valence-corrected chi connectivity index (χ1v) is 19.9. The third kappa shape index (κ3) is 4.25. The van der Waals surface area contributed by atoms with E-state index >= 15 is 0 Å². The second kappa shape index (κ2) is 6.35. The van der Waals surface area contributed by atoms with Crippen molar-refractivity contribution in [1.29, 1.82) is 0 Å². The molecule has 0 aliphatic carbocycles. The Bertz CT molecular complexity index is 113. The molecule has 2 nitrogen and oxygen atoms in total. The summed E-state index contributed by atoms with van der Waals surface area (Å²) in [5.74, 6) is 0. The average molecular weight is 607 g/mol. The van der Waals surface area contributed by atoms with Crippen molar-refractivity contribution < 1.29 is 17.5 Å². The van der Waals surface area contributed by atoms with Gasteiger partial charge < -0.3 is 0 Å². The maximum atomic E-state index is 2.71. The van der Waals surface area contributed by atoms with Gasteiger partial charge in [-0.2, -0.15) is 0 Å². The van der Waals surface area contributed by atoms with Crippen LogP contribution in [0.1, 0.15) is 0 Å². The average Bonchev–Trinajstić information content (AvgIpc) is 2.05. The summed E-state index contributed by atoms with van der Waals surface area (Å²) in [5.41, 5.74) is 0. The Balaban J connectivity index is 2.24. The van der Waals surface area contributed by atoms with E-state index in [-0.39, 0.29) is 0 Å². The Hall–Kier alpha value is 2.84. The van der Waals surface area contributed by atoms with Gasteiger partial charge in [0.05, 0.1) is 0 Å². The summed E-state index contributed by atoms with van der Waals surface area (Å²) in [5, 5.41) is 0. The molecule has 0 bridgehead atoms. The molecule has 1 fully saturated rings. The van der Waals surface area contributed by atoms with Crippen molar-refractivity contribution >= 4 is 53.3 Å². The normalized spacial score (nSPS) is 24.1. The SMILES string of the molecule is CI(I)N1CCN([I-]I)CC1. The van der Waals surface area contributed by atoms with Gasteiger partial charge in [-0.1, -0.05) is 0 Å². The van der Waals surface area contributed by atoms with E-state index in [0.29, 0.717) is 17.5 Å². The molecular formula is C5H11I4N2-. The van der Waals surface area contributed by atoms with Gasteiger partial charge in [0.25, 0.3) is 0 Å². The van der Waals surface area contributed by atoms with Crippen molar-refractivity contribution in [3.63, 3.8) is 0 Å². The number of hydrogen-bond acceptors (Lipinski definition) is 2. The summed E-state index contributed by atoms with van der Waals surface area (Å²) in [6, 6.07) is 0. The molecule has 1 heterocycles. The zero-order valence-corrected chi connectivity index (χ0v) is 14.9. The van der Waals surface area contributed by atoms with Crippen molar-refractivity contribution in [3.8, 4) is 0 Å². The molecule has 1 aliphatic rings. The van der Waals surface area contributed by atoms with Gasteiger partial charge in [-0.15, -0.1) is 0 Å². The molecule has 1 saturated heterocycles. The minimum absolute atomic E-state index is 0.339. The molecule has 0 saturated carbocycles. The Labute approximate surface area is 106 Å². The molecule has 1 aliphatic heterocycles. The van der Waals surface area contributed by atoms with Crippen LogP contribution in [0, 0.1) is 0 Å². The molecule has 70 valence electrons. The zero-order valence-electron chi connectivity index (χ0n) is 6.23. The second-order valence-corrected chi connectivity index (χ2v) is 17.9. The molecule has 11 heavy (non-hydrogen) atoms. The molecule has 0 aromatic carbocycles. The van der Waals surface area contributed by atoms with Gasteiger partial charge in [0.15, 0.2) is 0 Å². The van der Waals surface area contributed by atoms with Crippen molar-refractivity contribution in [2.45, 2.75) is 0 Å². The summed E-state index contributed by atoms with van der Waals surface area (Å²) < 4.78 is 5.34. The standard InChI is InChI=1S/C5H11I4N2/c1-9(7)11-4-2-10(8-6)3-5-11/h2-5H2,1H3/q-1. The number of rotatable bonds is 2. The fourth-order valence-corrected chi connectivity index (χ4v) is 8.40. The van der Waals surface area contributed by atoms with Crippen LogP contribution < -0.4 is 17.5 Å². The predicted molar refractivity (Wildman–Crippen MR) is 71.1 cm³/mol. The fraction of sp³-hybridized carbons (Fsp3) is 1.00. The molecule has 0 radical (unpaired) electrons. The third-order valence-electron chi connectivity index (χ3n) is 1.59. The van der Waals surface area contributed by atoms with E-state index in [9.17, 15) is 0 Å². The van der Waals surface area contributed by atoms with Crippen LogP contribution in [0.5, 0.6) is 0 Å². The number of halogens is 4. The van der Waals surface area contributed by atoms with Gasteiger partial charge in [0.2, 0.25) is 0 Å². The van der Waals surface area contributed by atoms with E-state index in [1.165, 1.54) is 26.2 Å². The van der Waals surface area contributed by atoms with Crippen LogP contribution >= 0.6 is 53.3 Å². The molecule has 0 unspecified atom stereocenters. The summed E-state index contributed by atoms with van der Waals surface area (Å²) in [7, 11) is 0. The van der Waals surface area contributed by atoms with Crippen LogP contribution in [0.15, 0.2) is 0 Å². The summed E-state index contributed by atoms with van der Waals surface area (Å²) >= 11 is 4.89. The first-order chi connectivity index (χ1) is 5.24. The number of hydrogen-bond donors (Lipinski definition) is 0. The molecule has 1 rings (SSSR count). The van der Waals surface area contributed by atoms with Crippen LogP contribution in [0.4, 0.5) is 0 Å². The van der Waals surface area contributed by atoms with Gasteiger partial charge >= 0.3 is 108 Å². The Morgan fingerprint density at radius 3 is 2.18 bits per heavy atom. The molecule has 0 atom stereocenters. The van der Waals surface area contributed by atoms with Crippen LogP contribution in [0.3, 0.4) is 0 Å². The molecule has 0 N–H and O–H groups in total. The number of alkyl halides is 1. The van der Waals surface area contributed by atoms with Crippen molar-refractivity contribution in [1.82, 2.24) is 6.23 Å². The quantitative estimate of drug-likeness (QED) is 0.235. The first-order valence-electron chi connectivity index (χ1n) is 3.27. The van der Waals surface area contributed by atoms with E-state index in [4.69, 9.17) is 0 Å². The molecule has 0 aromatic rings. The van der Waals surface area contributed by atoms with E-state index in [0.717, 1.165) is 0 Å². The Kier molecular flexibility index (Phi) is 6.87. The van der Waals surface area contributed by atoms with E-state index in [2.05, 4.69) is 48.4 Å². The van der Waals surface area contributed by atoms with Crippen molar-refractivity contribution in [2.24, 2.45) is 0 Å². The zero-order chi connectivity index (χ0) is 8.27. The predicted octanol–water partition coefficient (Wildman–Crippen LogP) is -0.641. The minimum atomic E-state index is -0.659. The second-order valence-electron chi connectivity index (χ2n) is 2.26. The fourth-order valence-electron chi connectivity index (χ4n) is 0.954. The Morgan fingerprint density at radius 1 is 1.27 bits per heavy atom. The van der Waals surface area contributed by atoms with Gasteiger partial charge in [-0.25, -0.2) is 0 Å². The molecule has 6 heteroatoms. The van der Waals surface area contributed by atoms with E-state index in [1.807, 2.05) is 0 Å². The summed E-state index contributed by atoms with van der Waals surface area (Å²) in [4.78, 5) is 2.43. The summed E-state index contributed by atoms with van der Waals surface area (Å²) in [6.07, 6.45) is 0. The topological polar surface area (TPSA) is 6.48 Å². The van der Waals surface area contributed by atoms with Crippen molar-refractivity contribution in [3.05, 3.63) is 0 Å². The van der Waals surface area contributed by atoms with Crippen LogP contribution in [0.25, 0.3) is 0 Å². The third-order valence-corrected chi connectivity index (χ3v) is 12.8.